The van der Waals surface area contributed by atoms with E-state index in [4.69, 9.17) is 15.2 Å². The second-order valence-electron chi connectivity index (χ2n) is 5.72. The van der Waals surface area contributed by atoms with Crippen molar-refractivity contribution in [3.8, 4) is 11.5 Å². The van der Waals surface area contributed by atoms with E-state index < -0.39 is 0 Å². The number of methoxy groups -OCH3 is 2. The lowest BCUT2D eigenvalue weighted by molar-refractivity contribution is -0.114. The van der Waals surface area contributed by atoms with Gasteiger partial charge in [-0.2, -0.15) is 0 Å². The first-order chi connectivity index (χ1) is 13.1. The van der Waals surface area contributed by atoms with Crippen LogP contribution in [0, 0.1) is 0 Å². The van der Waals surface area contributed by atoms with Crippen LogP contribution in [0.4, 0.5) is 5.69 Å². The van der Waals surface area contributed by atoms with Crippen molar-refractivity contribution < 1.29 is 24.5 Å². The zero-order chi connectivity index (χ0) is 19.8. The van der Waals surface area contributed by atoms with Crippen molar-refractivity contribution in [2.75, 3.05) is 26.1 Å². The molecule has 144 valence electrons. The van der Waals surface area contributed by atoms with Crippen LogP contribution in [0.15, 0.2) is 30.3 Å². The highest BCUT2D eigenvalue weighted by atomic mass is 16.5. The smallest absolute Gasteiger partial charge is 0.238 e. The van der Waals surface area contributed by atoms with E-state index in [0.717, 1.165) is 11.1 Å². The molecular formula is C20H24N2O5. The highest BCUT2D eigenvalue weighted by molar-refractivity contribution is 5.94. The molecule has 0 aliphatic rings. The fourth-order valence-electron chi connectivity index (χ4n) is 2.65. The lowest BCUT2D eigenvalue weighted by Gasteiger charge is -2.12. The number of nitrogens with two attached hydrogens (primary N) is 1. The molecule has 0 aliphatic carbocycles. The van der Waals surface area contributed by atoms with E-state index in [1.807, 2.05) is 18.2 Å². The van der Waals surface area contributed by atoms with Gasteiger partial charge in [0.2, 0.25) is 5.91 Å². The zero-order valence-corrected chi connectivity index (χ0v) is 15.4. The average Bonchev–Trinajstić information content (AvgIpc) is 2.71. The number of hydrogen-bond acceptors (Lipinski definition) is 6. The van der Waals surface area contributed by atoms with E-state index in [9.17, 15) is 15.0 Å². The Morgan fingerprint density at radius 3 is 2.33 bits per heavy atom. The molecule has 0 heterocycles. The third-order valence-corrected chi connectivity index (χ3v) is 4.02. The second kappa shape index (κ2) is 9.72. The third kappa shape index (κ3) is 5.07. The van der Waals surface area contributed by atoms with Crippen molar-refractivity contribution in [3.05, 3.63) is 52.6 Å². The van der Waals surface area contributed by atoms with Gasteiger partial charge in [-0.25, -0.2) is 0 Å². The second-order valence-corrected chi connectivity index (χ2v) is 5.72. The number of rotatable bonds is 8. The normalized spacial score (nSPS) is 10.9. The molecule has 2 rings (SSSR count). The molecular weight excluding hydrogens is 348 g/mol. The van der Waals surface area contributed by atoms with E-state index in [-0.39, 0.29) is 25.7 Å². The molecule has 0 aromatic heterocycles. The molecule has 0 saturated carbocycles. The maximum atomic E-state index is 11.6. The summed E-state index contributed by atoms with van der Waals surface area (Å²) >= 11 is 0. The summed E-state index contributed by atoms with van der Waals surface area (Å²) in [5, 5.41) is 21.7. The van der Waals surface area contributed by atoms with Gasteiger partial charge in [0, 0.05) is 5.56 Å². The van der Waals surface area contributed by atoms with E-state index in [2.05, 4.69) is 5.32 Å². The number of aliphatic hydroxyl groups is 2. The topological polar surface area (TPSA) is 114 Å². The van der Waals surface area contributed by atoms with E-state index in [1.165, 1.54) is 14.2 Å². The molecule has 0 spiro atoms. The number of aliphatic hydroxyl groups excluding tert-OH is 2. The Morgan fingerprint density at radius 1 is 1.04 bits per heavy atom. The van der Waals surface area contributed by atoms with Crippen molar-refractivity contribution in [2.45, 2.75) is 13.2 Å². The van der Waals surface area contributed by atoms with Crippen LogP contribution in [0.5, 0.6) is 11.5 Å². The van der Waals surface area contributed by atoms with Gasteiger partial charge in [-0.05, 0) is 41.0 Å². The Balaban J connectivity index is 2.34. The van der Waals surface area contributed by atoms with Crippen LogP contribution < -0.4 is 20.5 Å². The van der Waals surface area contributed by atoms with Crippen molar-refractivity contribution in [1.29, 1.82) is 0 Å². The summed E-state index contributed by atoms with van der Waals surface area (Å²) in [5.74, 6) is 0.728. The molecule has 0 saturated heterocycles. The SMILES string of the molecule is COc1ccc(/C=C\c2cc(CO)c(CO)c(OC)c2)cc1NC(=O)CN. The number of benzene rings is 2. The van der Waals surface area contributed by atoms with E-state index in [1.54, 1.807) is 24.3 Å². The highest BCUT2D eigenvalue weighted by Crippen LogP contribution is 2.28. The summed E-state index contributed by atoms with van der Waals surface area (Å²) in [7, 11) is 3.04. The minimum absolute atomic E-state index is 0.121. The first kappa shape index (κ1) is 20.4. The van der Waals surface area contributed by atoms with Crippen LogP contribution in [0.25, 0.3) is 12.2 Å². The first-order valence-electron chi connectivity index (χ1n) is 8.33. The molecule has 2 aromatic rings. The lowest BCUT2D eigenvalue weighted by Crippen LogP contribution is -2.22. The quantitative estimate of drug-likeness (QED) is 0.525. The molecule has 0 aliphatic heterocycles. The van der Waals surface area contributed by atoms with Gasteiger partial charge in [0.25, 0.3) is 0 Å². The fourth-order valence-corrected chi connectivity index (χ4v) is 2.65. The monoisotopic (exact) mass is 372 g/mol. The van der Waals surface area contributed by atoms with Crippen molar-refractivity contribution in [1.82, 2.24) is 0 Å². The van der Waals surface area contributed by atoms with Gasteiger partial charge in [0.1, 0.15) is 11.5 Å². The summed E-state index contributed by atoms with van der Waals surface area (Å²) < 4.78 is 10.5. The Hall–Kier alpha value is -2.87. The molecule has 0 radical (unpaired) electrons. The highest BCUT2D eigenvalue weighted by Gasteiger charge is 2.10. The number of amides is 1. The van der Waals surface area contributed by atoms with Crippen LogP contribution in [0.3, 0.4) is 0 Å². The van der Waals surface area contributed by atoms with Crippen LogP contribution >= 0.6 is 0 Å². The first-order valence-corrected chi connectivity index (χ1v) is 8.33. The molecule has 5 N–H and O–H groups in total. The van der Waals surface area contributed by atoms with Gasteiger partial charge < -0.3 is 30.7 Å². The molecule has 0 bridgehead atoms. The van der Waals surface area contributed by atoms with Gasteiger partial charge in [0.15, 0.2) is 0 Å². The van der Waals surface area contributed by atoms with E-state index in [0.29, 0.717) is 28.3 Å². The Bertz CT molecular complexity index is 808. The number of nitrogens with one attached hydrogen (secondary N) is 1. The van der Waals surface area contributed by atoms with E-state index >= 15 is 0 Å². The van der Waals surface area contributed by atoms with Crippen LogP contribution in [0.1, 0.15) is 22.3 Å². The Labute approximate surface area is 158 Å². The predicted molar refractivity (Wildman–Crippen MR) is 104 cm³/mol. The van der Waals surface area contributed by atoms with Crippen molar-refractivity contribution >= 4 is 23.7 Å². The maximum absolute atomic E-state index is 11.6. The van der Waals surface area contributed by atoms with Gasteiger partial charge in [-0.15, -0.1) is 0 Å². The van der Waals surface area contributed by atoms with Crippen LogP contribution in [-0.4, -0.2) is 36.9 Å². The summed E-state index contributed by atoms with van der Waals surface area (Å²) in [5.41, 5.74) is 8.67. The molecule has 7 nitrogen and oxygen atoms in total. The minimum Gasteiger partial charge on any atom is -0.496 e. The zero-order valence-electron chi connectivity index (χ0n) is 15.4. The summed E-state index contributed by atoms with van der Waals surface area (Å²) in [6.07, 6.45) is 3.70. The molecule has 0 atom stereocenters. The number of carbonyl (C=O) groups is 1. The Kier molecular flexibility index (Phi) is 7.36. The summed E-state index contributed by atoms with van der Waals surface area (Å²) in [6.45, 7) is -0.540. The van der Waals surface area contributed by atoms with Gasteiger partial charge in [-0.1, -0.05) is 18.2 Å². The summed E-state index contributed by atoms with van der Waals surface area (Å²) in [6, 6.07) is 8.93. The van der Waals surface area contributed by atoms with Gasteiger partial charge >= 0.3 is 0 Å². The molecule has 1 amide bonds. The summed E-state index contributed by atoms with van der Waals surface area (Å²) in [4.78, 5) is 11.6. The van der Waals surface area contributed by atoms with Crippen LogP contribution in [0.2, 0.25) is 0 Å². The fraction of sp³-hybridized carbons (Fsp3) is 0.250. The Morgan fingerprint density at radius 2 is 1.74 bits per heavy atom. The number of ether oxygens (including phenoxy) is 2. The maximum Gasteiger partial charge on any atom is 0.238 e. The lowest BCUT2D eigenvalue weighted by atomic mass is 10.0. The van der Waals surface area contributed by atoms with Gasteiger partial charge in [0.05, 0.1) is 39.7 Å². The largest absolute Gasteiger partial charge is 0.496 e. The average molecular weight is 372 g/mol. The predicted octanol–water partition coefficient (Wildman–Crippen LogP) is 1.76. The van der Waals surface area contributed by atoms with Crippen molar-refractivity contribution in [3.63, 3.8) is 0 Å². The van der Waals surface area contributed by atoms with Crippen molar-refractivity contribution in [2.24, 2.45) is 5.73 Å². The van der Waals surface area contributed by atoms with Crippen LogP contribution in [-0.2, 0) is 18.0 Å². The number of hydrogen-bond donors (Lipinski definition) is 4. The van der Waals surface area contributed by atoms with Gasteiger partial charge in [-0.3, -0.25) is 4.79 Å². The molecule has 0 unspecified atom stereocenters. The molecule has 0 fully saturated rings. The molecule has 7 heteroatoms. The minimum atomic E-state index is -0.314. The number of anilines is 1. The number of carbonyl (C=O) groups excluding carboxylic acids is 1. The third-order valence-electron chi connectivity index (χ3n) is 4.02. The standard InChI is InChI=1S/C20H24N2O5/c1-26-18-6-5-13(8-17(18)22-20(25)10-21)3-4-14-7-15(11-23)16(12-24)19(9-14)27-2/h3-9,23-24H,10-12,21H2,1-2H3,(H,22,25)/b4-3-. The molecule has 2 aromatic carbocycles. The molecule has 27 heavy (non-hydrogen) atoms.